The van der Waals surface area contributed by atoms with E-state index in [-0.39, 0.29) is 0 Å². The summed E-state index contributed by atoms with van der Waals surface area (Å²) >= 11 is 11.1. The smallest absolute Gasteiger partial charge is 0.170 e. The van der Waals surface area contributed by atoms with E-state index < -0.39 is 0 Å². The lowest BCUT2D eigenvalue weighted by Gasteiger charge is -2.10. The van der Waals surface area contributed by atoms with Crippen molar-refractivity contribution in [2.75, 3.05) is 11.9 Å². The number of anilines is 1. The van der Waals surface area contributed by atoms with Gasteiger partial charge in [-0.3, -0.25) is 0 Å². The lowest BCUT2D eigenvalue weighted by Crippen LogP contribution is -2.29. The quantitative estimate of drug-likeness (QED) is 0.624. The van der Waals surface area contributed by atoms with Crippen LogP contribution in [0.25, 0.3) is 0 Å². The Morgan fingerprint density at radius 1 is 1.05 bits per heavy atom. The lowest BCUT2D eigenvalue weighted by atomic mass is 10.1. The SMILES string of the molecule is Cc1ccc(CCCNC(=S)Nc2ccc(Cl)cc2)cc1. The topological polar surface area (TPSA) is 24.1 Å². The van der Waals surface area contributed by atoms with Gasteiger partial charge in [-0.05, 0) is 61.8 Å². The van der Waals surface area contributed by atoms with E-state index in [1.54, 1.807) is 0 Å². The molecule has 0 unspecified atom stereocenters. The number of rotatable bonds is 5. The Morgan fingerprint density at radius 2 is 1.71 bits per heavy atom. The van der Waals surface area contributed by atoms with Crippen molar-refractivity contribution in [3.8, 4) is 0 Å². The molecule has 0 radical (unpaired) electrons. The third-order valence-electron chi connectivity index (χ3n) is 3.15. The van der Waals surface area contributed by atoms with Crippen LogP contribution in [-0.2, 0) is 6.42 Å². The molecule has 0 saturated heterocycles. The molecule has 0 heterocycles. The van der Waals surface area contributed by atoms with Crippen LogP contribution in [-0.4, -0.2) is 11.7 Å². The van der Waals surface area contributed by atoms with E-state index in [9.17, 15) is 0 Å². The highest BCUT2D eigenvalue weighted by atomic mass is 35.5. The Labute approximate surface area is 136 Å². The Morgan fingerprint density at radius 3 is 2.38 bits per heavy atom. The number of thiocarbonyl (C=S) groups is 1. The second kappa shape index (κ2) is 8.01. The van der Waals surface area contributed by atoms with Crippen LogP contribution in [0.1, 0.15) is 17.5 Å². The first-order valence-electron chi connectivity index (χ1n) is 6.99. The highest BCUT2D eigenvalue weighted by molar-refractivity contribution is 7.80. The molecule has 0 bridgehead atoms. The summed E-state index contributed by atoms with van der Waals surface area (Å²) < 4.78 is 0. The average molecular weight is 319 g/mol. The average Bonchev–Trinajstić information content (AvgIpc) is 2.48. The molecule has 2 N–H and O–H groups in total. The second-order valence-electron chi connectivity index (χ2n) is 4.98. The monoisotopic (exact) mass is 318 g/mol. The molecule has 0 saturated carbocycles. The molecule has 0 atom stereocenters. The summed E-state index contributed by atoms with van der Waals surface area (Å²) in [4.78, 5) is 0. The maximum absolute atomic E-state index is 5.84. The first-order valence-corrected chi connectivity index (χ1v) is 7.78. The van der Waals surface area contributed by atoms with Gasteiger partial charge in [-0.15, -0.1) is 0 Å². The van der Waals surface area contributed by atoms with Crippen LogP contribution in [0.5, 0.6) is 0 Å². The summed E-state index contributed by atoms with van der Waals surface area (Å²) in [6.07, 6.45) is 2.10. The Balaban J connectivity index is 1.67. The van der Waals surface area contributed by atoms with E-state index in [2.05, 4.69) is 41.8 Å². The highest BCUT2D eigenvalue weighted by Crippen LogP contribution is 2.13. The molecule has 2 aromatic rings. The van der Waals surface area contributed by atoms with Crippen molar-refractivity contribution in [3.05, 3.63) is 64.7 Å². The summed E-state index contributed by atoms with van der Waals surface area (Å²) in [6, 6.07) is 16.1. The predicted molar refractivity (Wildman–Crippen MR) is 95.2 cm³/mol. The molecule has 4 heteroatoms. The number of hydrogen-bond acceptors (Lipinski definition) is 1. The van der Waals surface area contributed by atoms with Crippen molar-refractivity contribution < 1.29 is 0 Å². The van der Waals surface area contributed by atoms with Gasteiger partial charge in [-0.1, -0.05) is 41.4 Å². The number of benzene rings is 2. The van der Waals surface area contributed by atoms with Gasteiger partial charge in [-0.25, -0.2) is 0 Å². The minimum Gasteiger partial charge on any atom is -0.362 e. The molecule has 0 aliphatic rings. The molecule has 2 aromatic carbocycles. The van der Waals surface area contributed by atoms with Crippen LogP contribution >= 0.6 is 23.8 Å². The van der Waals surface area contributed by atoms with E-state index in [1.165, 1.54) is 11.1 Å². The number of hydrogen-bond donors (Lipinski definition) is 2. The van der Waals surface area contributed by atoms with Gasteiger partial charge >= 0.3 is 0 Å². The predicted octanol–water partition coefficient (Wildman–Crippen LogP) is 4.57. The van der Waals surface area contributed by atoms with Gasteiger partial charge in [0.05, 0.1) is 0 Å². The Hall–Kier alpha value is -1.58. The fourth-order valence-electron chi connectivity index (χ4n) is 1.96. The van der Waals surface area contributed by atoms with Crippen molar-refractivity contribution in [1.82, 2.24) is 5.32 Å². The molecule has 0 spiro atoms. The molecule has 2 rings (SSSR count). The zero-order valence-electron chi connectivity index (χ0n) is 12.0. The van der Waals surface area contributed by atoms with Crippen molar-refractivity contribution in [2.45, 2.75) is 19.8 Å². The van der Waals surface area contributed by atoms with Gasteiger partial charge < -0.3 is 10.6 Å². The molecule has 21 heavy (non-hydrogen) atoms. The van der Waals surface area contributed by atoms with Crippen LogP contribution in [0.4, 0.5) is 5.69 Å². The maximum atomic E-state index is 5.84. The Kier molecular flexibility index (Phi) is 6.03. The maximum Gasteiger partial charge on any atom is 0.170 e. The van der Waals surface area contributed by atoms with Crippen molar-refractivity contribution >= 4 is 34.6 Å². The molecule has 2 nitrogen and oxygen atoms in total. The summed E-state index contributed by atoms with van der Waals surface area (Å²) in [5.74, 6) is 0. The fraction of sp³-hybridized carbons (Fsp3) is 0.235. The fourth-order valence-corrected chi connectivity index (χ4v) is 2.30. The standard InChI is InChI=1S/C17H19ClN2S/c1-13-4-6-14(7-5-13)3-2-12-19-17(21)20-16-10-8-15(18)9-11-16/h4-11H,2-3,12H2,1H3,(H2,19,20,21). The van der Waals surface area contributed by atoms with Gasteiger partial charge in [-0.2, -0.15) is 0 Å². The van der Waals surface area contributed by atoms with Crippen LogP contribution in [0, 0.1) is 6.92 Å². The summed E-state index contributed by atoms with van der Waals surface area (Å²) in [5, 5.41) is 7.71. The van der Waals surface area contributed by atoms with E-state index in [1.807, 2.05) is 24.3 Å². The largest absolute Gasteiger partial charge is 0.362 e. The van der Waals surface area contributed by atoms with E-state index in [0.29, 0.717) is 5.11 Å². The van der Waals surface area contributed by atoms with E-state index in [4.69, 9.17) is 23.8 Å². The molecule has 0 aromatic heterocycles. The lowest BCUT2D eigenvalue weighted by molar-refractivity contribution is 0.777. The zero-order valence-corrected chi connectivity index (χ0v) is 13.6. The van der Waals surface area contributed by atoms with Crippen LogP contribution in [0.2, 0.25) is 5.02 Å². The first-order chi connectivity index (χ1) is 10.1. The van der Waals surface area contributed by atoms with E-state index >= 15 is 0 Å². The number of nitrogens with one attached hydrogen (secondary N) is 2. The second-order valence-corrected chi connectivity index (χ2v) is 5.82. The van der Waals surface area contributed by atoms with Gasteiger partial charge in [0.1, 0.15) is 0 Å². The Bertz CT molecular complexity index is 579. The molecular formula is C17H19ClN2S. The summed E-state index contributed by atoms with van der Waals surface area (Å²) in [6.45, 7) is 2.96. The number of halogens is 1. The number of aryl methyl sites for hydroxylation is 2. The van der Waals surface area contributed by atoms with Crippen molar-refractivity contribution in [3.63, 3.8) is 0 Å². The molecule has 0 aliphatic heterocycles. The molecule has 110 valence electrons. The first kappa shape index (κ1) is 15.8. The third-order valence-corrected chi connectivity index (χ3v) is 3.65. The van der Waals surface area contributed by atoms with Crippen molar-refractivity contribution in [2.24, 2.45) is 0 Å². The van der Waals surface area contributed by atoms with Crippen LogP contribution in [0.15, 0.2) is 48.5 Å². The highest BCUT2D eigenvalue weighted by Gasteiger charge is 1.98. The van der Waals surface area contributed by atoms with Gasteiger partial charge in [0, 0.05) is 17.3 Å². The normalized spacial score (nSPS) is 10.2. The van der Waals surface area contributed by atoms with Crippen LogP contribution in [0.3, 0.4) is 0 Å². The van der Waals surface area contributed by atoms with Gasteiger partial charge in [0.15, 0.2) is 5.11 Å². The summed E-state index contributed by atoms with van der Waals surface area (Å²) in [5.41, 5.74) is 3.60. The molecule has 0 aliphatic carbocycles. The third kappa shape index (κ3) is 5.74. The summed E-state index contributed by atoms with van der Waals surface area (Å²) in [7, 11) is 0. The molecular weight excluding hydrogens is 300 g/mol. The minimum absolute atomic E-state index is 0.640. The molecule has 0 fully saturated rings. The van der Waals surface area contributed by atoms with Crippen molar-refractivity contribution in [1.29, 1.82) is 0 Å². The minimum atomic E-state index is 0.640. The van der Waals surface area contributed by atoms with Gasteiger partial charge in [0.25, 0.3) is 0 Å². The zero-order chi connectivity index (χ0) is 15.1. The molecule has 0 amide bonds. The van der Waals surface area contributed by atoms with Crippen LogP contribution < -0.4 is 10.6 Å². The van der Waals surface area contributed by atoms with E-state index in [0.717, 1.165) is 30.1 Å². The van der Waals surface area contributed by atoms with Gasteiger partial charge in [0.2, 0.25) is 0 Å².